The van der Waals surface area contributed by atoms with Gasteiger partial charge in [0, 0.05) is 11.6 Å². The number of carbonyl (C=O) groups excluding carboxylic acids is 2. The van der Waals surface area contributed by atoms with Gasteiger partial charge in [-0.05, 0) is 30.5 Å². The van der Waals surface area contributed by atoms with Gasteiger partial charge in [0.05, 0.1) is 12.5 Å². The summed E-state index contributed by atoms with van der Waals surface area (Å²) in [6.07, 6.45) is 5.97. The van der Waals surface area contributed by atoms with E-state index in [4.69, 9.17) is 0 Å². The van der Waals surface area contributed by atoms with E-state index in [1.165, 1.54) is 19.3 Å². The molecule has 1 aliphatic rings. The third-order valence-electron chi connectivity index (χ3n) is 4.90. The molecule has 0 spiro atoms. The summed E-state index contributed by atoms with van der Waals surface area (Å²) in [6, 6.07) is 18.7. The van der Waals surface area contributed by atoms with Gasteiger partial charge in [0.2, 0.25) is 5.91 Å². The molecule has 26 heavy (non-hydrogen) atoms. The first kappa shape index (κ1) is 18.2. The number of benzene rings is 2. The van der Waals surface area contributed by atoms with Crippen molar-refractivity contribution in [3.8, 4) is 0 Å². The Morgan fingerprint density at radius 2 is 1.50 bits per heavy atom. The van der Waals surface area contributed by atoms with Crippen molar-refractivity contribution < 1.29 is 9.59 Å². The summed E-state index contributed by atoms with van der Waals surface area (Å²) >= 11 is 0. The van der Waals surface area contributed by atoms with Crippen LogP contribution in [0.5, 0.6) is 0 Å². The third kappa shape index (κ3) is 5.19. The van der Waals surface area contributed by atoms with Crippen LogP contribution in [-0.2, 0) is 4.79 Å². The van der Waals surface area contributed by atoms with Gasteiger partial charge in [-0.2, -0.15) is 0 Å². The van der Waals surface area contributed by atoms with Crippen LogP contribution < -0.4 is 10.6 Å². The number of amides is 2. The predicted molar refractivity (Wildman–Crippen MR) is 103 cm³/mol. The van der Waals surface area contributed by atoms with E-state index in [1.807, 2.05) is 48.5 Å². The minimum atomic E-state index is -0.340. The van der Waals surface area contributed by atoms with Gasteiger partial charge in [0.15, 0.2) is 0 Å². The Morgan fingerprint density at radius 3 is 2.15 bits per heavy atom. The molecular weight excluding hydrogens is 324 g/mol. The largest absolute Gasteiger partial charge is 0.353 e. The van der Waals surface area contributed by atoms with Crippen LogP contribution in [-0.4, -0.2) is 17.9 Å². The molecular formula is C22H26N2O2. The van der Waals surface area contributed by atoms with Gasteiger partial charge in [-0.1, -0.05) is 67.8 Å². The zero-order chi connectivity index (χ0) is 18.2. The molecule has 0 bridgehead atoms. The van der Waals surface area contributed by atoms with Crippen molar-refractivity contribution in [3.05, 3.63) is 71.8 Å². The van der Waals surface area contributed by atoms with E-state index in [1.54, 1.807) is 12.1 Å². The molecule has 4 heteroatoms. The number of hydrogen-bond acceptors (Lipinski definition) is 2. The van der Waals surface area contributed by atoms with Crippen LogP contribution in [0.1, 0.15) is 60.5 Å². The first-order valence-corrected chi connectivity index (χ1v) is 9.42. The van der Waals surface area contributed by atoms with Crippen molar-refractivity contribution in [1.29, 1.82) is 0 Å². The van der Waals surface area contributed by atoms with Crippen LogP contribution in [0.3, 0.4) is 0 Å². The highest BCUT2D eigenvalue weighted by Gasteiger charge is 2.21. The maximum absolute atomic E-state index is 12.6. The normalized spacial score (nSPS) is 15.8. The molecule has 4 nitrogen and oxygen atoms in total. The van der Waals surface area contributed by atoms with Crippen molar-refractivity contribution in [3.63, 3.8) is 0 Å². The van der Waals surface area contributed by atoms with Gasteiger partial charge in [0.1, 0.15) is 0 Å². The second-order valence-electron chi connectivity index (χ2n) is 6.91. The Morgan fingerprint density at radius 1 is 0.885 bits per heavy atom. The van der Waals surface area contributed by atoms with E-state index < -0.39 is 0 Å². The summed E-state index contributed by atoms with van der Waals surface area (Å²) < 4.78 is 0. The summed E-state index contributed by atoms with van der Waals surface area (Å²) in [5, 5.41) is 6.16. The molecule has 0 heterocycles. The summed E-state index contributed by atoms with van der Waals surface area (Å²) in [4.78, 5) is 25.1. The molecule has 0 aromatic heterocycles. The molecule has 1 saturated carbocycles. The number of hydrogen-bond donors (Lipinski definition) is 2. The Labute approximate surface area is 155 Å². The molecule has 0 radical (unpaired) electrons. The highest BCUT2D eigenvalue weighted by Crippen LogP contribution is 2.20. The fraction of sp³-hybridized carbons (Fsp3) is 0.364. The van der Waals surface area contributed by atoms with Crippen molar-refractivity contribution in [2.24, 2.45) is 0 Å². The minimum Gasteiger partial charge on any atom is -0.353 e. The zero-order valence-electron chi connectivity index (χ0n) is 15.0. The lowest BCUT2D eigenvalue weighted by Gasteiger charge is -2.25. The van der Waals surface area contributed by atoms with Gasteiger partial charge in [-0.25, -0.2) is 0 Å². The lowest BCUT2D eigenvalue weighted by molar-refractivity contribution is -0.122. The molecule has 0 aliphatic heterocycles. The molecule has 136 valence electrons. The van der Waals surface area contributed by atoms with Crippen LogP contribution in [0.4, 0.5) is 0 Å². The number of carbonyl (C=O) groups is 2. The summed E-state index contributed by atoms with van der Waals surface area (Å²) in [5.41, 5.74) is 1.54. The first-order chi connectivity index (χ1) is 12.7. The van der Waals surface area contributed by atoms with E-state index in [0.717, 1.165) is 18.4 Å². The fourth-order valence-corrected chi connectivity index (χ4v) is 3.49. The van der Waals surface area contributed by atoms with Gasteiger partial charge in [0.25, 0.3) is 5.91 Å². The SMILES string of the molecule is O=C(C[C@H](NC(=O)c1ccccc1)c1ccccc1)NC1CCCCC1. The molecule has 2 aromatic rings. The zero-order valence-corrected chi connectivity index (χ0v) is 15.0. The smallest absolute Gasteiger partial charge is 0.251 e. The standard InChI is InChI=1S/C22H26N2O2/c25-21(23-19-14-8-3-9-15-19)16-20(17-10-4-1-5-11-17)24-22(26)18-12-6-2-7-13-18/h1-2,4-7,10-13,19-20H,3,8-9,14-16H2,(H,23,25)(H,24,26)/t20-/m0/s1. The van der Waals surface area contributed by atoms with E-state index in [9.17, 15) is 9.59 Å². The maximum atomic E-state index is 12.6. The quantitative estimate of drug-likeness (QED) is 0.827. The molecule has 2 aromatic carbocycles. The van der Waals surface area contributed by atoms with Gasteiger partial charge in [-0.15, -0.1) is 0 Å². The third-order valence-corrected chi connectivity index (χ3v) is 4.90. The predicted octanol–water partition coefficient (Wildman–Crippen LogP) is 4.00. The topological polar surface area (TPSA) is 58.2 Å². The Bertz CT molecular complexity index is 709. The molecule has 0 saturated heterocycles. The molecule has 1 atom stereocenters. The summed E-state index contributed by atoms with van der Waals surface area (Å²) in [5.74, 6) is -0.163. The Kier molecular flexibility index (Phi) is 6.42. The maximum Gasteiger partial charge on any atom is 0.251 e. The first-order valence-electron chi connectivity index (χ1n) is 9.42. The molecule has 3 rings (SSSR count). The second kappa shape index (κ2) is 9.18. The van der Waals surface area contributed by atoms with Crippen molar-refractivity contribution in [1.82, 2.24) is 10.6 Å². The number of nitrogens with one attached hydrogen (secondary N) is 2. The van der Waals surface area contributed by atoms with Crippen molar-refractivity contribution in [2.75, 3.05) is 0 Å². The average Bonchev–Trinajstić information content (AvgIpc) is 2.69. The highest BCUT2D eigenvalue weighted by molar-refractivity contribution is 5.94. The lowest BCUT2D eigenvalue weighted by atomic mass is 9.95. The van der Waals surface area contributed by atoms with E-state index in [0.29, 0.717) is 5.56 Å². The van der Waals surface area contributed by atoms with Crippen LogP contribution in [0.25, 0.3) is 0 Å². The second-order valence-corrected chi connectivity index (χ2v) is 6.91. The molecule has 2 amide bonds. The molecule has 1 fully saturated rings. The van der Waals surface area contributed by atoms with E-state index in [2.05, 4.69) is 10.6 Å². The number of rotatable bonds is 6. The lowest BCUT2D eigenvalue weighted by Crippen LogP contribution is -2.39. The average molecular weight is 350 g/mol. The van der Waals surface area contributed by atoms with Crippen molar-refractivity contribution in [2.45, 2.75) is 50.6 Å². The highest BCUT2D eigenvalue weighted by atomic mass is 16.2. The van der Waals surface area contributed by atoms with Crippen LogP contribution >= 0.6 is 0 Å². The van der Waals surface area contributed by atoms with Gasteiger partial charge < -0.3 is 10.6 Å². The Hall–Kier alpha value is -2.62. The van der Waals surface area contributed by atoms with Crippen molar-refractivity contribution >= 4 is 11.8 Å². The fourth-order valence-electron chi connectivity index (χ4n) is 3.49. The van der Waals surface area contributed by atoms with Gasteiger partial charge >= 0.3 is 0 Å². The molecule has 1 aliphatic carbocycles. The molecule has 0 unspecified atom stereocenters. The van der Waals surface area contributed by atoms with Crippen LogP contribution in [0.2, 0.25) is 0 Å². The van der Waals surface area contributed by atoms with E-state index in [-0.39, 0.29) is 30.3 Å². The van der Waals surface area contributed by atoms with Crippen LogP contribution in [0.15, 0.2) is 60.7 Å². The summed E-state index contributed by atoms with van der Waals surface area (Å²) in [6.45, 7) is 0. The Balaban J connectivity index is 1.67. The van der Waals surface area contributed by atoms with E-state index >= 15 is 0 Å². The van der Waals surface area contributed by atoms with Crippen LogP contribution in [0, 0.1) is 0 Å². The molecule has 2 N–H and O–H groups in total. The van der Waals surface area contributed by atoms with Gasteiger partial charge in [-0.3, -0.25) is 9.59 Å². The summed E-state index contributed by atoms with van der Waals surface area (Å²) in [7, 11) is 0. The minimum absolute atomic E-state index is 0.000820. The monoisotopic (exact) mass is 350 g/mol.